The Morgan fingerprint density at radius 2 is 0.941 bits per heavy atom. The summed E-state index contributed by atoms with van der Waals surface area (Å²) in [4.78, 5) is 0. The molecule has 1 aliphatic heterocycles. The second kappa shape index (κ2) is 11.4. The van der Waals surface area contributed by atoms with Crippen LogP contribution in [0.5, 0.6) is 0 Å². The van der Waals surface area contributed by atoms with E-state index in [2.05, 4.69) is 155 Å². The van der Waals surface area contributed by atoms with Gasteiger partial charge < -0.3 is 8.83 Å². The minimum atomic E-state index is -0.215. The molecular formula is C45H31N3O2S. The van der Waals surface area contributed by atoms with Crippen LogP contribution in [0, 0.1) is 0 Å². The van der Waals surface area contributed by atoms with Crippen LogP contribution in [0.4, 0.5) is 0 Å². The van der Waals surface area contributed by atoms with Crippen LogP contribution >= 0.6 is 11.3 Å². The van der Waals surface area contributed by atoms with Crippen LogP contribution in [-0.4, -0.2) is 0 Å². The second-order valence-corrected chi connectivity index (χ2v) is 14.4. The summed E-state index contributed by atoms with van der Waals surface area (Å²) in [5.41, 5.74) is 8.99. The number of nitrogens with one attached hydrogen (secondary N) is 3. The van der Waals surface area contributed by atoms with Gasteiger partial charge in [-0.3, -0.25) is 16.0 Å². The maximum atomic E-state index is 7.00. The van der Waals surface area contributed by atoms with E-state index < -0.39 is 0 Å². The topological polar surface area (TPSA) is 62.4 Å². The van der Waals surface area contributed by atoms with E-state index in [0.717, 1.165) is 60.6 Å². The molecule has 3 unspecified atom stereocenters. The van der Waals surface area contributed by atoms with Crippen molar-refractivity contribution < 1.29 is 8.83 Å². The highest BCUT2D eigenvalue weighted by Gasteiger charge is 2.33. The Bertz CT molecular complexity index is 2940. The molecule has 0 saturated carbocycles. The van der Waals surface area contributed by atoms with E-state index in [9.17, 15) is 0 Å². The molecule has 0 radical (unpaired) electrons. The highest BCUT2D eigenvalue weighted by molar-refractivity contribution is 7.25. The number of rotatable bonds is 4. The number of fused-ring (bicyclic) bond motifs is 9. The first-order chi connectivity index (χ1) is 25.3. The average Bonchev–Trinajstić information content (AvgIpc) is 3.89. The summed E-state index contributed by atoms with van der Waals surface area (Å²) >= 11 is 1.85. The minimum absolute atomic E-state index is 0.108. The van der Waals surface area contributed by atoms with Gasteiger partial charge in [-0.2, -0.15) is 0 Å². The monoisotopic (exact) mass is 677 g/mol. The molecule has 0 aliphatic carbocycles. The lowest BCUT2D eigenvalue weighted by atomic mass is 9.98. The summed E-state index contributed by atoms with van der Waals surface area (Å²) in [6.45, 7) is 0. The van der Waals surface area contributed by atoms with Crippen molar-refractivity contribution in [2.24, 2.45) is 0 Å². The summed E-state index contributed by atoms with van der Waals surface area (Å²) in [5, 5.41) is 18.7. The number of benzene rings is 7. The third-order valence-electron chi connectivity index (χ3n) is 10.4. The summed E-state index contributed by atoms with van der Waals surface area (Å²) in [6, 6.07) is 53.5. The molecule has 51 heavy (non-hydrogen) atoms. The van der Waals surface area contributed by atoms with Crippen LogP contribution in [-0.2, 0) is 0 Å². The normalized spacial score (nSPS) is 18.2. The van der Waals surface area contributed by atoms with E-state index in [0.29, 0.717) is 0 Å². The molecule has 5 nitrogen and oxygen atoms in total. The molecule has 4 heterocycles. The SMILES string of the molecule is c1ccc(C2NC(c3cccc4c3oc3c(-c5cccc6c5oc5ccccc56)cccc34)NC(c3cccc4sc5ccccc5c34)N2)cc1. The minimum Gasteiger partial charge on any atom is -0.455 e. The summed E-state index contributed by atoms with van der Waals surface area (Å²) in [6.07, 6.45) is -0.458. The molecule has 244 valence electrons. The van der Waals surface area contributed by atoms with E-state index in [4.69, 9.17) is 8.83 Å². The van der Waals surface area contributed by atoms with Gasteiger partial charge in [0.15, 0.2) is 0 Å². The molecule has 1 aliphatic rings. The van der Waals surface area contributed by atoms with Crippen LogP contribution in [0.1, 0.15) is 35.2 Å². The van der Waals surface area contributed by atoms with E-state index in [-0.39, 0.29) is 18.5 Å². The molecule has 3 N–H and O–H groups in total. The standard InChI is InChI=1S/C45H31N3O2S/c1-2-12-26(13-3-1)43-46-44(34-21-11-25-38-39(34)33-15-5-7-24-37(33)51-38)48-45(47-43)35-22-10-20-32-31-19-9-18-30(41(31)50-42(32)35)29-17-8-16-28-27-14-4-6-23-36(27)49-40(28)29/h1-25,43-48H. The molecule has 3 atom stereocenters. The molecule has 0 bridgehead atoms. The van der Waals surface area contributed by atoms with Gasteiger partial charge in [-0.05, 0) is 29.3 Å². The van der Waals surface area contributed by atoms with Crippen molar-refractivity contribution in [2.45, 2.75) is 18.5 Å². The molecular weight excluding hydrogens is 647 g/mol. The first-order valence-electron chi connectivity index (χ1n) is 17.4. The Morgan fingerprint density at radius 3 is 1.76 bits per heavy atom. The molecule has 3 aromatic heterocycles. The van der Waals surface area contributed by atoms with Gasteiger partial charge in [0, 0.05) is 58.4 Å². The van der Waals surface area contributed by atoms with Crippen LogP contribution < -0.4 is 16.0 Å². The molecule has 11 rings (SSSR count). The fraction of sp³-hybridized carbons (Fsp3) is 0.0667. The predicted molar refractivity (Wildman–Crippen MR) is 210 cm³/mol. The third kappa shape index (κ3) is 4.51. The van der Waals surface area contributed by atoms with Crippen molar-refractivity contribution in [2.75, 3.05) is 0 Å². The quantitative estimate of drug-likeness (QED) is 0.173. The lowest BCUT2D eigenvalue weighted by molar-refractivity contribution is 0.204. The van der Waals surface area contributed by atoms with Gasteiger partial charge >= 0.3 is 0 Å². The molecule has 1 saturated heterocycles. The number of hydrogen-bond acceptors (Lipinski definition) is 6. The van der Waals surface area contributed by atoms with Crippen LogP contribution in [0.2, 0.25) is 0 Å². The molecule has 0 spiro atoms. The number of hydrogen-bond donors (Lipinski definition) is 3. The highest BCUT2D eigenvalue weighted by Crippen LogP contribution is 2.44. The fourth-order valence-corrected chi connectivity index (χ4v) is 9.26. The van der Waals surface area contributed by atoms with Crippen molar-refractivity contribution in [3.63, 3.8) is 0 Å². The molecule has 10 aromatic rings. The van der Waals surface area contributed by atoms with E-state index in [1.54, 1.807) is 0 Å². The smallest absolute Gasteiger partial charge is 0.143 e. The van der Waals surface area contributed by atoms with Gasteiger partial charge in [0.25, 0.3) is 0 Å². The van der Waals surface area contributed by atoms with Gasteiger partial charge in [-0.25, -0.2) is 0 Å². The van der Waals surface area contributed by atoms with Crippen LogP contribution in [0.15, 0.2) is 160 Å². The van der Waals surface area contributed by atoms with E-state index in [1.807, 2.05) is 23.5 Å². The average molecular weight is 678 g/mol. The Balaban J connectivity index is 1.08. The fourth-order valence-electron chi connectivity index (χ4n) is 8.12. The summed E-state index contributed by atoms with van der Waals surface area (Å²) in [5.74, 6) is 0. The lowest BCUT2D eigenvalue weighted by Crippen LogP contribution is -2.54. The molecule has 1 fully saturated rings. The number of furan rings is 2. The first kappa shape index (κ1) is 29.0. The van der Waals surface area contributed by atoms with Crippen molar-refractivity contribution in [3.05, 3.63) is 168 Å². The lowest BCUT2D eigenvalue weighted by Gasteiger charge is -2.39. The highest BCUT2D eigenvalue weighted by atomic mass is 32.1. The van der Waals surface area contributed by atoms with Crippen LogP contribution in [0.25, 0.3) is 75.2 Å². The Labute approximate surface area is 297 Å². The van der Waals surface area contributed by atoms with Crippen molar-refractivity contribution in [3.8, 4) is 11.1 Å². The Morgan fingerprint density at radius 1 is 0.392 bits per heavy atom. The zero-order chi connectivity index (χ0) is 33.5. The predicted octanol–water partition coefficient (Wildman–Crippen LogP) is 11.7. The second-order valence-electron chi connectivity index (χ2n) is 13.3. The van der Waals surface area contributed by atoms with Gasteiger partial charge in [-0.15, -0.1) is 11.3 Å². The van der Waals surface area contributed by atoms with Crippen molar-refractivity contribution in [1.29, 1.82) is 0 Å². The van der Waals surface area contributed by atoms with Crippen molar-refractivity contribution >= 4 is 75.4 Å². The Hall–Kier alpha value is -5.76. The van der Waals surface area contributed by atoms with Gasteiger partial charge in [0.05, 0.1) is 18.5 Å². The maximum Gasteiger partial charge on any atom is 0.143 e. The van der Waals surface area contributed by atoms with E-state index in [1.165, 1.54) is 31.3 Å². The van der Waals surface area contributed by atoms with Gasteiger partial charge in [0.2, 0.25) is 0 Å². The first-order valence-corrected chi connectivity index (χ1v) is 18.2. The molecule has 0 amide bonds. The molecule has 6 heteroatoms. The van der Waals surface area contributed by atoms with E-state index >= 15 is 0 Å². The summed E-state index contributed by atoms with van der Waals surface area (Å²) in [7, 11) is 0. The number of thiophene rings is 1. The maximum absolute atomic E-state index is 7.00. The third-order valence-corrected chi connectivity index (χ3v) is 11.6. The number of para-hydroxylation sites is 4. The van der Waals surface area contributed by atoms with Gasteiger partial charge in [-0.1, -0.05) is 133 Å². The zero-order valence-corrected chi connectivity index (χ0v) is 28.2. The van der Waals surface area contributed by atoms with Crippen molar-refractivity contribution in [1.82, 2.24) is 16.0 Å². The van der Waals surface area contributed by atoms with Crippen LogP contribution in [0.3, 0.4) is 0 Å². The van der Waals surface area contributed by atoms with Gasteiger partial charge in [0.1, 0.15) is 22.3 Å². The zero-order valence-electron chi connectivity index (χ0n) is 27.4. The Kier molecular flexibility index (Phi) is 6.48. The summed E-state index contributed by atoms with van der Waals surface area (Å²) < 4.78 is 16.1. The largest absolute Gasteiger partial charge is 0.455 e. The molecule has 7 aromatic carbocycles.